The molecule has 0 N–H and O–H groups in total. The quantitative estimate of drug-likeness (QED) is 0.597. The van der Waals surface area contributed by atoms with Crippen LogP contribution in [0.3, 0.4) is 0 Å². The average molecular weight is 379 g/mol. The Labute approximate surface area is 153 Å². The molecule has 0 saturated carbocycles. The van der Waals surface area contributed by atoms with Crippen molar-refractivity contribution >= 4 is 11.6 Å². The second kappa shape index (κ2) is 8.40. The number of ether oxygens (including phenoxy) is 1. The van der Waals surface area contributed by atoms with Gasteiger partial charge in [-0.15, -0.1) is 18.0 Å². The molecule has 0 spiro atoms. The zero-order valence-corrected chi connectivity index (χ0v) is 15.2. The molecule has 0 bridgehead atoms. The van der Waals surface area contributed by atoms with Crippen molar-refractivity contribution in [1.29, 1.82) is 0 Å². The van der Waals surface area contributed by atoms with Gasteiger partial charge in [-0.3, -0.25) is 4.79 Å². The van der Waals surface area contributed by atoms with Gasteiger partial charge in [0, 0.05) is 46.2 Å². The number of hydrogen-bond donors (Lipinski definition) is 0. The number of carbonyl (C=O) groups excluding carboxylic acids is 1. The van der Waals surface area contributed by atoms with E-state index in [0.717, 1.165) is 12.1 Å². The third-order valence-corrected chi connectivity index (χ3v) is 3.08. The van der Waals surface area contributed by atoms with E-state index in [1.165, 1.54) is 11.9 Å². The second-order valence-electron chi connectivity index (χ2n) is 4.46. The van der Waals surface area contributed by atoms with Crippen LogP contribution in [0, 0.1) is 29.6 Å². The Morgan fingerprint density at radius 2 is 2.00 bits per heavy atom. The molecule has 1 amide bonds. The van der Waals surface area contributed by atoms with Gasteiger partial charge in [0.15, 0.2) is 0 Å². The van der Waals surface area contributed by atoms with Crippen LogP contribution in [0.2, 0.25) is 0 Å². The minimum absolute atomic E-state index is 0. The first-order chi connectivity index (χ1) is 10.0. The maximum atomic E-state index is 14.2. The molecule has 0 fully saturated rings. The second-order valence-corrected chi connectivity index (χ2v) is 4.46. The number of amides is 1. The standard InChI is InChI=1S/C16H14F2NO2.Y/c1-3-4-8-21-11-9-12(17)16(13(18)10-11)14-6-5-7-15(20)19(14)2;/h9-10H,5,7-8H2,1-2H3;/q-1;. The summed E-state index contributed by atoms with van der Waals surface area (Å²) in [6.07, 6.45) is 3.49. The van der Waals surface area contributed by atoms with Gasteiger partial charge in [-0.25, -0.2) is 14.9 Å². The van der Waals surface area contributed by atoms with Gasteiger partial charge in [0.25, 0.3) is 0 Å². The van der Waals surface area contributed by atoms with Crippen molar-refractivity contribution in [3.63, 3.8) is 0 Å². The van der Waals surface area contributed by atoms with E-state index in [9.17, 15) is 13.6 Å². The van der Waals surface area contributed by atoms with Crippen LogP contribution in [0.25, 0.3) is 5.70 Å². The fourth-order valence-electron chi connectivity index (χ4n) is 2.01. The van der Waals surface area contributed by atoms with E-state index >= 15 is 0 Å². The summed E-state index contributed by atoms with van der Waals surface area (Å²) in [4.78, 5) is 12.8. The molecular weight excluding hydrogens is 365 g/mol. The molecule has 1 aliphatic heterocycles. The summed E-state index contributed by atoms with van der Waals surface area (Å²) in [6.45, 7) is 1.70. The van der Waals surface area contributed by atoms with E-state index in [1.807, 2.05) is 0 Å². The van der Waals surface area contributed by atoms with Gasteiger partial charge in [0.05, 0.1) is 11.6 Å². The minimum atomic E-state index is -0.793. The topological polar surface area (TPSA) is 29.5 Å². The van der Waals surface area contributed by atoms with Crippen LogP contribution in [-0.2, 0) is 37.5 Å². The largest absolute Gasteiger partial charge is 0.481 e. The van der Waals surface area contributed by atoms with E-state index in [0.29, 0.717) is 12.8 Å². The fourth-order valence-corrected chi connectivity index (χ4v) is 2.01. The van der Waals surface area contributed by atoms with Gasteiger partial charge in [0.1, 0.15) is 12.4 Å². The molecule has 113 valence electrons. The molecule has 22 heavy (non-hydrogen) atoms. The molecule has 6 heteroatoms. The number of allylic oxidation sites excluding steroid dienone is 1. The van der Waals surface area contributed by atoms with Crippen molar-refractivity contribution in [2.24, 2.45) is 0 Å². The van der Waals surface area contributed by atoms with Crippen molar-refractivity contribution in [2.45, 2.75) is 19.8 Å². The maximum Gasteiger partial charge on any atom is 0.222 e. The van der Waals surface area contributed by atoms with Crippen LogP contribution in [0.1, 0.15) is 25.3 Å². The van der Waals surface area contributed by atoms with Crippen molar-refractivity contribution in [2.75, 3.05) is 13.7 Å². The summed E-state index contributed by atoms with van der Waals surface area (Å²) >= 11 is 0. The van der Waals surface area contributed by atoms with Gasteiger partial charge >= 0.3 is 0 Å². The first-order valence-corrected chi connectivity index (χ1v) is 6.43. The van der Waals surface area contributed by atoms with Crippen LogP contribution in [0.4, 0.5) is 8.78 Å². The number of rotatable bonds is 3. The molecule has 0 saturated heterocycles. The molecule has 2 rings (SSSR count). The molecular formula is C16H14F2NO2Y-. The van der Waals surface area contributed by atoms with Crippen LogP contribution in [-0.4, -0.2) is 24.5 Å². The van der Waals surface area contributed by atoms with Gasteiger partial charge in [-0.2, -0.15) is 0 Å². The van der Waals surface area contributed by atoms with Crippen LogP contribution >= 0.6 is 0 Å². The number of benzene rings is 1. The number of carbonyl (C=O) groups is 1. The smallest absolute Gasteiger partial charge is 0.222 e. The molecule has 1 aromatic carbocycles. The van der Waals surface area contributed by atoms with Gasteiger partial charge in [-0.05, 0) is 19.1 Å². The molecule has 3 nitrogen and oxygen atoms in total. The maximum absolute atomic E-state index is 14.2. The van der Waals surface area contributed by atoms with E-state index in [1.54, 1.807) is 6.92 Å². The third-order valence-electron chi connectivity index (χ3n) is 3.08. The Morgan fingerprint density at radius 3 is 2.59 bits per heavy atom. The Bertz CT molecular complexity index is 639. The SMILES string of the molecule is CC#CCOc1cc(F)c(C2=[C-]CCC(=O)N2C)c(F)c1.[Y]. The number of hydrogen-bond acceptors (Lipinski definition) is 2. The number of halogens is 2. The van der Waals surface area contributed by atoms with Crippen molar-refractivity contribution in [3.8, 4) is 17.6 Å². The molecule has 1 aliphatic rings. The summed E-state index contributed by atoms with van der Waals surface area (Å²) in [7, 11) is 1.48. The normalized spacial score (nSPS) is 13.7. The molecule has 1 aromatic rings. The molecule has 0 aromatic heterocycles. The summed E-state index contributed by atoms with van der Waals surface area (Å²) in [5.41, 5.74) is -0.138. The minimum Gasteiger partial charge on any atom is -0.481 e. The zero-order valence-electron chi connectivity index (χ0n) is 12.4. The molecule has 0 atom stereocenters. The monoisotopic (exact) mass is 379 g/mol. The first-order valence-electron chi connectivity index (χ1n) is 6.43. The summed E-state index contributed by atoms with van der Waals surface area (Å²) in [6, 6.07) is 2.16. The van der Waals surface area contributed by atoms with E-state index in [2.05, 4.69) is 17.9 Å². The van der Waals surface area contributed by atoms with Crippen molar-refractivity contribution in [3.05, 3.63) is 35.4 Å². The third kappa shape index (κ3) is 4.15. The Morgan fingerprint density at radius 1 is 1.36 bits per heavy atom. The predicted octanol–water partition coefficient (Wildman–Crippen LogP) is 2.76. The summed E-state index contributed by atoms with van der Waals surface area (Å²) in [5.74, 6) is 3.54. The van der Waals surface area contributed by atoms with Crippen molar-refractivity contribution in [1.82, 2.24) is 4.90 Å². The number of nitrogens with zero attached hydrogens (tertiary/aromatic N) is 1. The van der Waals surface area contributed by atoms with Crippen LogP contribution in [0.5, 0.6) is 5.75 Å². The summed E-state index contributed by atoms with van der Waals surface area (Å²) < 4.78 is 33.4. The molecule has 0 unspecified atom stereocenters. The van der Waals surface area contributed by atoms with E-state index < -0.39 is 11.6 Å². The summed E-state index contributed by atoms with van der Waals surface area (Å²) in [5, 5.41) is 0. The Balaban J connectivity index is 0.00000242. The Kier molecular flexibility index (Phi) is 7.18. The van der Waals surface area contributed by atoms with Gasteiger partial charge in [-0.1, -0.05) is 11.5 Å². The van der Waals surface area contributed by atoms with Crippen molar-refractivity contribution < 1.29 is 51.0 Å². The Hall–Kier alpha value is -1.25. The zero-order chi connectivity index (χ0) is 15.4. The molecule has 0 aliphatic carbocycles. The van der Waals surface area contributed by atoms with E-state index in [4.69, 9.17) is 4.74 Å². The molecule has 1 heterocycles. The van der Waals surface area contributed by atoms with Gasteiger partial charge < -0.3 is 9.64 Å². The fraction of sp³-hybridized carbons (Fsp3) is 0.312. The first kappa shape index (κ1) is 18.8. The average Bonchev–Trinajstić information content (AvgIpc) is 2.43. The van der Waals surface area contributed by atoms with E-state index in [-0.39, 0.29) is 62.2 Å². The van der Waals surface area contributed by atoms with Crippen LogP contribution in [0.15, 0.2) is 12.1 Å². The van der Waals surface area contributed by atoms with Gasteiger partial charge in [0.2, 0.25) is 5.91 Å². The molecule has 1 radical (unpaired) electrons. The predicted molar refractivity (Wildman–Crippen MR) is 74.0 cm³/mol. The van der Waals surface area contributed by atoms with Crippen LogP contribution < -0.4 is 4.74 Å².